The van der Waals surface area contributed by atoms with E-state index in [4.69, 9.17) is 0 Å². The molecule has 1 heteroatoms. The molecule has 2 rings (SSSR count). The van der Waals surface area contributed by atoms with Crippen molar-refractivity contribution >= 4 is 11.3 Å². The zero-order valence-corrected chi connectivity index (χ0v) is 8.55. The van der Waals surface area contributed by atoms with Crippen molar-refractivity contribution in [2.24, 2.45) is 0 Å². The van der Waals surface area contributed by atoms with Gasteiger partial charge in [0.1, 0.15) is 0 Å². The van der Waals surface area contributed by atoms with Crippen molar-refractivity contribution in [1.82, 2.24) is 0 Å². The highest BCUT2D eigenvalue weighted by atomic mass is 32.1. The lowest BCUT2D eigenvalue weighted by molar-refractivity contribution is 1.41. The molecule has 1 aromatic heterocycles. The van der Waals surface area contributed by atoms with Crippen molar-refractivity contribution in [3.8, 4) is 11.8 Å². The molecule has 0 saturated heterocycles. The molecule has 0 fully saturated rings. The van der Waals surface area contributed by atoms with E-state index in [0.29, 0.717) is 0 Å². The molecule has 0 spiro atoms. The number of hydrogen-bond acceptors (Lipinski definition) is 1. The first-order valence-electron chi connectivity index (χ1n) is 4.51. The molecule has 14 heavy (non-hydrogen) atoms. The highest BCUT2D eigenvalue weighted by Gasteiger charge is 1.87. The molecule has 68 valence electrons. The van der Waals surface area contributed by atoms with E-state index >= 15 is 0 Å². The molecule has 2 aromatic rings. The van der Waals surface area contributed by atoms with Crippen molar-refractivity contribution in [3.05, 3.63) is 58.3 Å². The van der Waals surface area contributed by atoms with E-state index < -0.39 is 0 Å². The van der Waals surface area contributed by atoms with Crippen LogP contribution in [0.5, 0.6) is 0 Å². The van der Waals surface area contributed by atoms with Crippen LogP contribution in [0.1, 0.15) is 10.4 Å². The van der Waals surface area contributed by atoms with Gasteiger partial charge in [-0.1, -0.05) is 36.1 Å². The predicted octanol–water partition coefficient (Wildman–Crippen LogP) is 3.34. The standard InChI is InChI=1S/C13H10S/c1-2-6-12(7-3-1)8-4-9-13-10-5-11-14-13/h1-3,5-7,10-11H,9H2. The maximum Gasteiger partial charge on any atom is 0.0438 e. The fourth-order valence-electron chi connectivity index (χ4n) is 1.17. The summed E-state index contributed by atoms with van der Waals surface area (Å²) in [5, 5.41) is 2.08. The van der Waals surface area contributed by atoms with Crippen molar-refractivity contribution in [3.63, 3.8) is 0 Å². The lowest BCUT2D eigenvalue weighted by Crippen LogP contribution is -1.74. The van der Waals surface area contributed by atoms with Crippen LogP contribution in [0.15, 0.2) is 47.8 Å². The van der Waals surface area contributed by atoms with E-state index in [2.05, 4.69) is 29.4 Å². The Bertz CT molecular complexity index is 429. The maximum absolute atomic E-state index is 3.16. The number of thiophene rings is 1. The Hall–Kier alpha value is -1.52. The summed E-state index contributed by atoms with van der Waals surface area (Å²) in [5.74, 6) is 6.30. The van der Waals surface area contributed by atoms with Gasteiger partial charge in [0.05, 0.1) is 0 Å². The molecule has 0 aliphatic rings. The molecule has 0 aliphatic heterocycles. The van der Waals surface area contributed by atoms with Crippen LogP contribution in [-0.2, 0) is 6.42 Å². The Kier molecular flexibility index (Phi) is 3.00. The Balaban J connectivity index is 2.02. The smallest absolute Gasteiger partial charge is 0.0438 e. The molecule has 0 atom stereocenters. The third-order valence-electron chi connectivity index (χ3n) is 1.85. The minimum atomic E-state index is 0.854. The van der Waals surface area contributed by atoms with Gasteiger partial charge in [-0.05, 0) is 23.6 Å². The van der Waals surface area contributed by atoms with Crippen LogP contribution in [0.3, 0.4) is 0 Å². The summed E-state index contributed by atoms with van der Waals surface area (Å²) in [4.78, 5) is 1.33. The quantitative estimate of drug-likeness (QED) is 0.616. The molecular weight excluding hydrogens is 188 g/mol. The number of benzene rings is 1. The third kappa shape index (κ3) is 2.48. The van der Waals surface area contributed by atoms with E-state index in [1.165, 1.54) is 4.88 Å². The monoisotopic (exact) mass is 198 g/mol. The van der Waals surface area contributed by atoms with Gasteiger partial charge in [0, 0.05) is 16.9 Å². The topological polar surface area (TPSA) is 0 Å². The number of hydrogen-bond donors (Lipinski definition) is 0. The lowest BCUT2D eigenvalue weighted by atomic mass is 10.2. The molecule has 0 unspecified atom stereocenters. The van der Waals surface area contributed by atoms with E-state index in [9.17, 15) is 0 Å². The summed E-state index contributed by atoms with van der Waals surface area (Å²) in [5.41, 5.74) is 1.09. The van der Waals surface area contributed by atoms with Gasteiger partial charge >= 0.3 is 0 Å². The van der Waals surface area contributed by atoms with Gasteiger partial charge in [-0.25, -0.2) is 0 Å². The van der Waals surface area contributed by atoms with Crippen LogP contribution in [0.4, 0.5) is 0 Å². The van der Waals surface area contributed by atoms with Gasteiger partial charge in [-0.2, -0.15) is 0 Å². The molecule has 1 aromatic carbocycles. The van der Waals surface area contributed by atoms with E-state index in [0.717, 1.165) is 12.0 Å². The summed E-state index contributed by atoms with van der Waals surface area (Å²) in [6.45, 7) is 0. The molecule has 0 N–H and O–H groups in total. The molecule has 0 saturated carbocycles. The highest BCUT2D eigenvalue weighted by Crippen LogP contribution is 2.08. The molecule has 0 bridgehead atoms. The molecular formula is C13H10S. The molecule has 0 amide bonds. The summed E-state index contributed by atoms with van der Waals surface area (Å²) < 4.78 is 0. The second-order valence-corrected chi connectivity index (χ2v) is 3.96. The lowest BCUT2D eigenvalue weighted by Gasteiger charge is -1.86. The van der Waals surface area contributed by atoms with Crippen molar-refractivity contribution in [2.75, 3.05) is 0 Å². The summed E-state index contributed by atoms with van der Waals surface area (Å²) in [6.07, 6.45) is 0.854. The fraction of sp³-hybridized carbons (Fsp3) is 0.0769. The van der Waals surface area contributed by atoms with Crippen LogP contribution in [-0.4, -0.2) is 0 Å². The Morgan fingerprint density at radius 2 is 1.86 bits per heavy atom. The molecule has 0 aliphatic carbocycles. The maximum atomic E-state index is 3.16. The van der Waals surface area contributed by atoms with Crippen LogP contribution < -0.4 is 0 Å². The largest absolute Gasteiger partial charge is 0.148 e. The molecule has 0 nitrogen and oxygen atoms in total. The highest BCUT2D eigenvalue weighted by molar-refractivity contribution is 7.09. The van der Waals surface area contributed by atoms with Gasteiger partial charge in [0.25, 0.3) is 0 Å². The average molecular weight is 198 g/mol. The second kappa shape index (κ2) is 4.64. The van der Waals surface area contributed by atoms with Gasteiger partial charge < -0.3 is 0 Å². The van der Waals surface area contributed by atoms with Crippen molar-refractivity contribution in [2.45, 2.75) is 6.42 Å². The SMILES string of the molecule is C(#Cc1ccccc1)Cc1cccs1. The Morgan fingerprint density at radius 3 is 2.57 bits per heavy atom. The van der Waals surface area contributed by atoms with Gasteiger partial charge in [0.15, 0.2) is 0 Å². The summed E-state index contributed by atoms with van der Waals surface area (Å²) >= 11 is 1.76. The van der Waals surface area contributed by atoms with Gasteiger partial charge in [-0.15, -0.1) is 11.3 Å². The van der Waals surface area contributed by atoms with Crippen molar-refractivity contribution in [1.29, 1.82) is 0 Å². The van der Waals surface area contributed by atoms with Crippen LogP contribution in [0, 0.1) is 11.8 Å². The van der Waals surface area contributed by atoms with E-state index in [1.807, 2.05) is 30.3 Å². The van der Waals surface area contributed by atoms with Gasteiger partial charge in [-0.3, -0.25) is 0 Å². The van der Waals surface area contributed by atoms with Crippen LogP contribution >= 0.6 is 11.3 Å². The second-order valence-electron chi connectivity index (χ2n) is 2.92. The third-order valence-corrected chi connectivity index (χ3v) is 2.73. The minimum absolute atomic E-state index is 0.854. The fourth-order valence-corrected chi connectivity index (χ4v) is 1.81. The first-order chi connectivity index (χ1) is 6.95. The number of rotatable bonds is 1. The summed E-state index contributed by atoms with van der Waals surface area (Å²) in [6, 6.07) is 14.3. The predicted molar refractivity (Wildman–Crippen MR) is 61.3 cm³/mol. The normalized spacial score (nSPS) is 9.14. The first-order valence-corrected chi connectivity index (χ1v) is 5.39. The Morgan fingerprint density at radius 1 is 1.00 bits per heavy atom. The molecule has 1 heterocycles. The van der Waals surface area contributed by atoms with Crippen LogP contribution in [0.25, 0.3) is 0 Å². The zero-order valence-electron chi connectivity index (χ0n) is 7.73. The first kappa shape index (κ1) is 9.05. The molecule has 0 radical (unpaired) electrons. The van der Waals surface area contributed by atoms with E-state index in [1.54, 1.807) is 11.3 Å². The average Bonchev–Trinajstić information content (AvgIpc) is 2.72. The zero-order chi connectivity index (χ0) is 9.64. The minimum Gasteiger partial charge on any atom is -0.148 e. The summed E-state index contributed by atoms with van der Waals surface area (Å²) in [7, 11) is 0. The van der Waals surface area contributed by atoms with Gasteiger partial charge in [0.2, 0.25) is 0 Å². The Labute approximate surface area is 88.2 Å². The van der Waals surface area contributed by atoms with Crippen LogP contribution in [0.2, 0.25) is 0 Å². The van der Waals surface area contributed by atoms with Crippen molar-refractivity contribution < 1.29 is 0 Å². The van der Waals surface area contributed by atoms with E-state index in [-0.39, 0.29) is 0 Å².